The van der Waals surface area contributed by atoms with Crippen LogP contribution in [-0.2, 0) is 4.79 Å². The molecular formula is C15H18N4OS. The van der Waals surface area contributed by atoms with E-state index in [-0.39, 0.29) is 11.8 Å². The number of aryl methyl sites for hydroxylation is 1. The number of benzene rings is 1. The second-order valence-electron chi connectivity index (χ2n) is 5.21. The van der Waals surface area contributed by atoms with Crippen molar-refractivity contribution < 1.29 is 4.79 Å². The van der Waals surface area contributed by atoms with Gasteiger partial charge in [0.05, 0.1) is 0 Å². The van der Waals surface area contributed by atoms with Gasteiger partial charge in [0, 0.05) is 24.7 Å². The van der Waals surface area contributed by atoms with Gasteiger partial charge in [-0.2, -0.15) is 0 Å². The van der Waals surface area contributed by atoms with E-state index in [0.29, 0.717) is 5.13 Å². The Morgan fingerprint density at radius 1 is 1.24 bits per heavy atom. The molecule has 0 saturated carbocycles. The molecular weight excluding hydrogens is 284 g/mol. The first kappa shape index (κ1) is 14.0. The summed E-state index contributed by atoms with van der Waals surface area (Å²) in [5.74, 6) is 0.132. The van der Waals surface area contributed by atoms with Crippen LogP contribution in [0, 0.1) is 12.8 Å². The lowest BCUT2D eigenvalue weighted by Crippen LogP contribution is -2.38. The van der Waals surface area contributed by atoms with Gasteiger partial charge in [0.1, 0.15) is 5.01 Å². The van der Waals surface area contributed by atoms with Gasteiger partial charge in [0.15, 0.2) is 0 Å². The molecule has 21 heavy (non-hydrogen) atoms. The summed E-state index contributed by atoms with van der Waals surface area (Å²) in [4.78, 5) is 14.6. The predicted octanol–water partition coefficient (Wildman–Crippen LogP) is 2.70. The van der Waals surface area contributed by atoms with Crippen LogP contribution in [0.4, 0.5) is 10.8 Å². The van der Waals surface area contributed by atoms with Gasteiger partial charge in [-0.15, -0.1) is 10.2 Å². The van der Waals surface area contributed by atoms with E-state index in [1.54, 1.807) is 0 Å². The lowest BCUT2D eigenvalue weighted by Gasteiger charge is -2.32. The Hall–Kier alpha value is -1.95. The van der Waals surface area contributed by atoms with Crippen molar-refractivity contribution in [1.29, 1.82) is 0 Å². The smallest absolute Gasteiger partial charge is 0.229 e. The quantitative estimate of drug-likeness (QED) is 0.947. The van der Waals surface area contributed by atoms with Crippen molar-refractivity contribution in [3.8, 4) is 0 Å². The van der Waals surface area contributed by atoms with Gasteiger partial charge in [0.2, 0.25) is 11.0 Å². The predicted molar refractivity (Wildman–Crippen MR) is 84.7 cm³/mol. The molecule has 1 N–H and O–H groups in total. The molecule has 1 aromatic carbocycles. The average Bonchev–Trinajstić information content (AvgIpc) is 2.93. The molecule has 1 fully saturated rings. The van der Waals surface area contributed by atoms with Crippen molar-refractivity contribution in [3.05, 3.63) is 35.3 Å². The fourth-order valence-electron chi connectivity index (χ4n) is 2.59. The largest absolute Gasteiger partial charge is 0.371 e. The molecule has 1 aromatic heterocycles. The van der Waals surface area contributed by atoms with E-state index < -0.39 is 0 Å². The van der Waals surface area contributed by atoms with Crippen LogP contribution in [0.3, 0.4) is 0 Å². The van der Waals surface area contributed by atoms with Gasteiger partial charge in [-0.3, -0.25) is 4.79 Å². The number of hydrogen-bond acceptors (Lipinski definition) is 5. The molecule has 0 radical (unpaired) electrons. The Bertz CT molecular complexity index is 605. The summed E-state index contributed by atoms with van der Waals surface area (Å²) in [6, 6.07) is 10.3. The summed E-state index contributed by atoms with van der Waals surface area (Å²) in [7, 11) is 0. The lowest BCUT2D eigenvalue weighted by molar-refractivity contribution is -0.120. The molecule has 2 heterocycles. The van der Waals surface area contributed by atoms with Crippen LogP contribution in [0.25, 0.3) is 0 Å². The Balaban J connectivity index is 1.54. The van der Waals surface area contributed by atoms with E-state index >= 15 is 0 Å². The molecule has 1 saturated heterocycles. The second-order valence-corrected chi connectivity index (χ2v) is 6.39. The van der Waals surface area contributed by atoms with Crippen LogP contribution in [0.2, 0.25) is 0 Å². The minimum absolute atomic E-state index is 0.0640. The SMILES string of the molecule is Cc1nnc(NC(=O)C2CCN(c3ccccc3)CC2)s1. The zero-order valence-corrected chi connectivity index (χ0v) is 12.8. The molecule has 0 unspecified atom stereocenters. The topological polar surface area (TPSA) is 58.1 Å². The van der Waals surface area contributed by atoms with Crippen LogP contribution in [-0.4, -0.2) is 29.2 Å². The molecule has 5 nitrogen and oxygen atoms in total. The van der Waals surface area contributed by atoms with Crippen LogP contribution in [0.5, 0.6) is 0 Å². The van der Waals surface area contributed by atoms with Crippen molar-refractivity contribution in [2.24, 2.45) is 5.92 Å². The minimum Gasteiger partial charge on any atom is -0.371 e. The van der Waals surface area contributed by atoms with E-state index in [9.17, 15) is 4.79 Å². The number of para-hydroxylation sites is 1. The Labute approximate surface area is 128 Å². The highest BCUT2D eigenvalue weighted by Crippen LogP contribution is 2.24. The third-order valence-electron chi connectivity index (χ3n) is 3.74. The van der Waals surface area contributed by atoms with Crippen molar-refractivity contribution in [2.75, 3.05) is 23.3 Å². The second kappa shape index (κ2) is 6.22. The van der Waals surface area contributed by atoms with Gasteiger partial charge < -0.3 is 10.2 Å². The number of aromatic nitrogens is 2. The van der Waals surface area contributed by atoms with Crippen LogP contribution >= 0.6 is 11.3 Å². The fourth-order valence-corrected chi connectivity index (χ4v) is 3.19. The molecule has 1 aliphatic rings. The summed E-state index contributed by atoms with van der Waals surface area (Å²) in [5.41, 5.74) is 1.23. The number of rotatable bonds is 3. The average molecular weight is 302 g/mol. The van der Waals surface area contributed by atoms with E-state index in [0.717, 1.165) is 30.9 Å². The number of piperidine rings is 1. The normalized spacial score (nSPS) is 16.0. The van der Waals surface area contributed by atoms with Gasteiger partial charge >= 0.3 is 0 Å². The number of amides is 1. The molecule has 6 heteroatoms. The molecule has 0 spiro atoms. The van der Waals surface area contributed by atoms with Crippen LogP contribution in [0.1, 0.15) is 17.8 Å². The molecule has 0 atom stereocenters. The van der Waals surface area contributed by atoms with Gasteiger partial charge in [-0.1, -0.05) is 29.5 Å². The number of nitrogens with one attached hydrogen (secondary N) is 1. The van der Waals surface area contributed by atoms with E-state index in [4.69, 9.17) is 0 Å². The summed E-state index contributed by atoms with van der Waals surface area (Å²) in [6.45, 7) is 3.71. The van der Waals surface area contributed by atoms with E-state index in [1.807, 2.05) is 25.1 Å². The van der Waals surface area contributed by atoms with E-state index in [2.05, 4.69) is 32.5 Å². The highest BCUT2D eigenvalue weighted by Gasteiger charge is 2.25. The summed E-state index contributed by atoms with van der Waals surface area (Å²) in [5, 5.41) is 12.2. The summed E-state index contributed by atoms with van der Waals surface area (Å²) >= 11 is 1.41. The first-order chi connectivity index (χ1) is 10.2. The van der Waals surface area contributed by atoms with Crippen molar-refractivity contribution in [1.82, 2.24) is 10.2 Å². The maximum absolute atomic E-state index is 12.2. The molecule has 110 valence electrons. The molecule has 3 rings (SSSR count). The molecule has 1 amide bonds. The molecule has 2 aromatic rings. The standard InChI is InChI=1S/C15H18N4OS/c1-11-17-18-15(21-11)16-14(20)12-7-9-19(10-8-12)13-5-3-2-4-6-13/h2-6,12H,7-10H2,1H3,(H,16,18,20). The lowest BCUT2D eigenvalue weighted by atomic mass is 9.95. The summed E-state index contributed by atoms with van der Waals surface area (Å²) < 4.78 is 0. The molecule has 1 aliphatic heterocycles. The van der Waals surface area contributed by atoms with Gasteiger partial charge in [0.25, 0.3) is 0 Å². The van der Waals surface area contributed by atoms with E-state index in [1.165, 1.54) is 17.0 Å². The number of hydrogen-bond donors (Lipinski definition) is 1. The zero-order chi connectivity index (χ0) is 14.7. The number of anilines is 2. The zero-order valence-electron chi connectivity index (χ0n) is 12.0. The Morgan fingerprint density at radius 2 is 1.95 bits per heavy atom. The third kappa shape index (κ3) is 3.39. The molecule has 0 bridgehead atoms. The van der Waals surface area contributed by atoms with Gasteiger partial charge in [-0.05, 0) is 31.9 Å². The van der Waals surface area contributed by atoms with Gasteiger partial charge in [-0.25, -0.2) is 0 Å². The maximum atomic E-state index is 12.2. The van der Waals surface area contributed by atoms with Crippen LogP contribution < -0.4 is 10.2 Å². The highest BCUT2D eigenvalue weighted by molar-refractivity contribution is 7.15. The first-order valence-corrected chi connectivity index (χ1v) is 7.95. The minimum atomic E-state index is 0.0640. The third-order valence-corrected chi connectivity index (χ3v) is 4.50. The fraction of sp³-hybridized carbons (Fsp3) is 0.400. The monoisotopic (exact) mass is 302 g/mol. The Kier molecular flexibility index (Phi) is 4.15. The van der Waals surface area contributed by atoms with Crippen molar-refractivity contribution in [3.63, 3.8) is 0 Å². The van der Waals surface area contributed by atoms with Crippen LogP contribution in [0.15, 0.2) is 30.3 Å². The Morgan fingerprint density at radius 3 is 2.57 bits per heavy atom. The molecule has 0 aliphatic carbocycles. The van der Waals surface area contributed by atoms with Crippen molar-refractivity contribution in [2.45, 2.75) is 19.8 Å². The first-order valence-electron chi connectivity index (χ1n) is 7.13. The maximum Gasteiger partial charge on any atom is 0.229 e. The number of carbonyl (C=O) groups is 1. The number of carbonyl (C=O) groups excluding carboxylic acids is 1. The highest BCUT2D eigenvalue weighted by atomic mass is 32.1. The summed E-state index contributed by atoms with van der Waals surface area (Å²) in [6.07, 6.45) is 1.75. The van der Waals surface area contributed by atoms with Crippen molar-refractivity contribution >= 4 is 28.1 Å². The number of nitrogens with zero attached hydrogens (tertiary/aromatic N) is 3.